The molecule has 1 aromatic heterocycles. The Morgan fingerprint density at radius 1 is 1.30 bits per heavy atom. The molecule has 1 amide bonds. The Kier molecular flexibility index (Phi) is 3.71. The molecule has 4 nitrogen and oxygen atoms in total. The Morgan fingerprint density at radius 3 is 2.90 bits per heavy atom. The van der Waals surface area contributed by atoms with Gasteiger partial charge in [-0.1, -0.05) is 18.2 Å². The summed E-state index contributed by atoms with van der Waals surface area (Å²) in [4.78, 5) is 15.6. The first-order valence-electron chi connectivity index (χ1n) is 6.50. The largest absolute Gasteiger partial charge is 0.383 e. The molecule has 0 unspecified atom stereocenters. The van der Waals surface area contributed by atoms with E-state index in [9.17, 15) is 4.79 Å². The number of carbonyl (C=O) groups is 1. The van der Waals surface area contributed by atoms with Crippen LogP contribution in [0, 0.1) is 0 Å². The fourth-order valence-corrected chi connectivity index (χ4v) is 3.17. The Labute approximate surface area is 122 Å². The van der Waals surface area contributed by atoms with Crippen molar-refractivity contribution < 1.29 is 9.53 Å². The van der Waals surface area contributed by atoms with E-state index in [4.69, 9.17) is 4.74 Å². The van der Waals surface area contributed by atoms with Gasteiger partial charge in [0.1, 0.15) is 6.17 Å². The second kappa shape index (κ2) is 5.64. The highest BCUT2D eigenvalue weighted by atomic mass is 32.1. The van der Waals surface area contributed by atoms with Gasteiger partial charge < -0.3 is 15.0 Å². The molecule has 3 rings (SSSR count). The van der Waals surface area contributed by atoms with Crippen molar-refractivity contribution in [2.75, 3.05) is 25.6 Å². The van der Waals surface area contributed by atoms with Gasteiger partial charge in [-0.2, -0.15) is 0 Å². The highest BCUT2D eigenvalue weighted by Crippen LogP contribution is 2.34. The number of thiophene rings is 1. The van der Waals surface area contributed by atoms with Crippen LogP contribution in [0.1, 0.15) is 21.4 Å². The van der Waals surface area contributed by atoms with Crippen LogP contribution in [-0.4, -0.2) is 31.1 Å². The maximum absolute atomic E-state index is 12.7. The number of para-hydroxylation sites is 1. The van der Waals surface area contributed by atoms with Crippen molar-refractivity contribution in [3.63, 3.8) is 0 Å². The van der Waals surface area contributed by atoms with Gasteiger partial charge in [-0.3, -0.25) is 4.79 Å². The summed E-state index contributed by atoms with van der Waals surface area (Å²) >= 11 is 1.65. The van der Waals surface area contributed by atoms with Crippen LogP contribution >= 0.6 is 11.3 Å². The number of fused-ring (bicyclic) bond motifs is 1. The number of anilines is 1. The number of ether oxygens (including phenoxy) is 1. The van der Waals surface area contributed by atoms with Crippen molar-refractivity contribution in [3.05, 3.63) is 52.2 Å². The molecule has 1 atom stereocenters. The fourth-order valence-electron chi connectivity index (χ4n) is 2.38. The van der Waals surface area contributed by atoms with Crippen molar-refractivity contribution >= 4 is 22.9 Å². The number of rotatable bonds is 4. The highest BCUT2D eigenvalue weighted by Gasteiger charge is 2.32. The predicted molar refractivity (Wildman–Crippen MR) is 80.0 cm³/mol. The van der Waals surface area contributed by atoms with Crippen LogP contribution in [0.3, 0.4) is 0 Å². The summed E-state index contributed by atoms with van der Waals surface area (Å²) < 4.78 is 5.13. The second-order valence-electron chi connectivity index (χ2n) is 4.60. The molecule has 104 valence electrons. The lowest BCUT2D eigenvalue weighted by Gasteiger charge is -2.37. The van der Waals surface area contributed by atoms with E-state index in [1.807, 2.05) is 46.7 Å². The lowest BCUT2D eigenvalue weighted by molar-refractivity contribution is 0.0613. The van der Waals surface area contributed by atoms with Crippen LogP contribution < -0.4 is 5.32 Å². The van der Waals surface area contributed by atoms with E-state index >= 15 is 0 Å². The van der Waals surface area contributed by atoms with E-state index in [2.05, 4.69) is 5.32 Å². The summed E-state index contributed by atoms with van der Waals surface area (Å²) in [5.74, 6) is 0.0507. The van der Waals surface area contributed by atoms with Gasteiger partial charge in [0, 0.05) is 24.2 Å². The number of amides is 1. The topological polar surface area (TPSA) is 41.6 Å². The van der Waals surface area contributed by atoms with E-state index in [-0.39, 0.29) is 12.1 Å². The van der Waals surface area contributed by atoms with E-state index in [0.29, 0.717) is 13.2 Å². The average molecular weight is 288 g/mol. The Hall–Kier alpha value is -1.85. The zero-order valence-electron chi connectivity index (χ0n) is 11.2. The lowest BCUT2D eigenvalue weighted by atomic mass is 10.1. The van der Waals surface area contributed by atoms with Gasteiger partial charge in [-0.25, -0.2) is 0 Å². The zero-order valence-corrected chi connectivity index (χ0v) is 12.0. The first-order chi connectivity index (χ1) is 9.81. The molecule has 0 spiro atoms. The smallest absolute Gasteiger partial charge is 0.257 e. The normalized spacial score (nSPS) is 17.8. The summed E-state index contributed by atoms with van der Waals surface area (Å²) in [6, 6.07) is 11.7. The van der Waals surface area contributed by atoms with Gasteiger partial charge in [0.15, 0.2) is 0 Å². The van der Waals surface area contributed by atoms with E-state index in [1.165, 1.54) is 0 Å². The van der Waals surface area contributed by atoms with Crippen molar-refractivity contribution in [1.29, 1.82) is 0 Å². The van der Waals surface area contributed by atoms with Crippen molar-refractivity contribution in [1.82, 2.24) is 4.90 Å². The quantitative estimate of drug-likeness (QED) is 0.940. The second-order valence-corrected chi connectivity index (χ2v) is 5.58. The van der Waals surface area contributed by atoms with E-state index in [1.54, 1.807) is 18.4 Å². The zero-order chi connectivity index (χ0) is 13.9. The van der Waals surface area contributed by atoms with Gasteiger partial charge >= 0.3 is 0 Å². The molecule has 1 aromatic carbocycles. The third kappa shape index (κ3) is 2.30. The van der Waals surface area contributed by atoms with Crippen LogP contribution in [0.4, 0.5) is 5.69 Å². The van der Waals surface area contributed by atoms with E-state index < -0.39 is 0 Å². The number of nitrogens with zero attached hydrogens (tertiary/aromatic N) is 1. The molecular weight excluding hydrogens is 272 g/mol. The summed E-state index contributed by atoms with van der Waals surface area (Å²) in [7, 11) is 1.65. The maximum atomic E-state index is 12.7. The van der Waals surface area contributed by atoms with Gasteiger partial charge in [0.2, 0.25) is 0 Å². The van der Waals surface area contributed by atoms with Crippen molar-refractivity contribution in [2.45, 2.75) is 6.17 Å². The van der Waals surface area contributed by atoms with Crippen LogP contribution in [0.2, 0.25) is 0 Å². The number of methoxy groups -OCH3 is 1. The first-order valence-corrected chi connectivity index (χ1v) is 7.38. The molecule has 2 heterocycles. The molecule has 20 heavy (non-hydrogen) atoms. The predicted octanol–water partition coefficient (Wildman–Crippen LogP) is 2.96. The highest BCUT2D eigenvalue weighted by molar-refractivity contribution is 7.10. The standard InChI is InChI=1S/C15H16N2O2S/c1-19-9-8-17-14(13-7-4-10-20-13)16-12-6-3-2-5-11(12)15(17)18/h2-7,10,14,16H,8-9H2,1H3/t14-/m1/s1. The minimum Gasteiger partial charge on any atom is -0.383 e. The minimum absolute atomic E-state index is 0.0507. The average Bonchev–Trinajstić information content (AvgIpc) is 3.00. The number of hydrogen-bond donors (Lipinski definition) is 1. The molecule has 1 aliphatic heterocycles. The molecule has 0 saturated carbocycles. The molecule has 0 saturated heterocycles. The number of hydrogen-bond acceptors (Lipinski definition) is 4. The molecule has 2 aromatic rings. The summed E-state index contributed by atoms with van der Waals surface area (Å²) in [6.45, 7) is 1.09. The SMILES string of the molecule is COCCN1C(=O)c2ccccc2N[C@H]1c1cccs1. The number of nitrogens with one attached hydrogen (secondary N) is 1. The molecule has 1 aliphatic rings. The van der Waals surface area contributed by atoms with Gasteiger partial charge in [0.05, 0.1) is 12.2 Å². The van der Waals surface area contributed by atoms with Crippen LogP contribution in [0.25, 0.3) is 0 Å². The lowest BCUT2D eigenvalue weighted by Crippen LogP contribution is -2.44. The third-order valence-corrected chi connectivity index (χ3v) is 4.30. The Bertz CT molecular complexity index is 598. The molecule has 0 bridgehead atoms. The van der Waals surface area contributed by atoms with Crippen LogP contribution in [0.15, 0.2) is 41.8 Å². The van der Waals surface area contributed by atoms with Gasteiger partial charge in [0.25, 0.3) is 5.91 Å². The summed E-state index contributed by atoms with van der Waals surface area (Å²) in [6.07, 6.45) is -0.118. The summed E-state index contributed by atoms with van der Waals surface area (Å²) in [5, 5.41) is 5.47. The number of carbonyl (C=O) groups excluding carboxylic acids is 1. The number of benzene rings is 1. The molecule has 0 fully saturated rings. The van der Waals surface area contributed by atoms with Gasteiger partial charge in [-0.15, -0.1) is 11.3 Å². The van der Waals surface area contributed by atoms with Crippen molar-refractivity contribution in [2.24, 2.45) is 0 Å². The molecule has 0 aliphatic carbocycles. The molecular formula is C15H16N2O2S. The monoisotopic (exact) mass is 288 g/mol. The van der Waals surface area contributed by atoms with E-state index in [0.717, 1.165) is 16.1 Å². The minimum atomic E-state index is -0.118. The first kappa shape index (κ1) is 13.1. The Morgan fingerprint density at radius 2 is 2.15 bits per heavy atom. The van der Waals surface area contributed by atoms with Crippen LogP contribution in [-0.2, 0) is 4.74 Å². The third-order valence-electron chi connectivity index (χ3n) is 3.37. The summed E-state index contributed by atoms with van der Waals surface area (Å²) in [5.41, 5.74) is 1.61. The fraction of sp³-hybridized carbons (Fsp3) is 0.267. The van der Waals surface area contributed by atoms with Crippen molar-refractivity contribution in [3.8, 4) is 0 Å². The van der Waals surface area contributed by atoms with Crippen LogP contribution in [0.5, 0.6) is 0 Å². The molecule has 5 heteroatoms. The maximum Gasteiger partial charge on any atom is 0.257 e. The molecule has 0 radical (unpaired) electrons. The molecule has 1 N–H and O–H groups in total. The van der Waals surface area contributed by atoms with Gasteiger partial charge in [-0.05, 0) is 23.6 Å². The Balaban J connectivity index is 1.98.